The number of nitrogens with zero attached hydrogens (tertiary/aromatic N) is 4. The molecule has 0 radical (unpaired) electrons. The lowest BCUT2D eigenvalue weighted by Gasteiger charge is -2.08. The maximum absolute atomic E-state index is 12.2. The number of hydrogen-bond donors (Lipinski definition) is 1. The monoisotopic (exact) mass is 407 g/mol. The Hall–Kier alpha value is -3.26. The van der Waals surface area contributed by atoms with E-state index in [0.717, 1.165) is 16.5 Å². The second-order valence-electron chi connectivity index (χ2n) is 6.23. The molecule has 3 rings (SSSR count). The first-order valence-electron chi connectivity index (χ1n) is 9.06. The summed E-state index contributed by atoms with van der Waals surface area (Å²) < 4.78 is 1.95. The minimum absolute atomic E-state index is 0.00596. The second-order valence-corrected chi connectivity index (χ2v) is 7.29. The van der Waals surface area contributed by atoms with Gasteiger partial charge in [-0.05, 0) is 43.3 Å². The third kappa shape index (κ3) is 5.39. The number of hydrogen-bond acceptors (Lipinski definition) is 6. The van der Waals surface area contributed by atoms with Crippen LogP contribution in [0, 0.1) is 0 Å². The van der Waals surface area contributed by atoms with E-state index in [9.17, 15) is 9.59 Å². The molecule has 0 aliphatic heterocycles. The third-order valence-electron chi connectivity index (χ3n) is 4.08. The van der Waals surface area contributed by atoms with Crippen molar-refractivity contribution >= 4 is 29.1 Å². The van der Waals surface area contributed by atoms with Gasteiger partial charge in [-0.3, -0.25) is 19.1 Å². The van der Waals surface area contributed by atoms with Gasteiger partial charge in [0.15, 0.2) is 16.8 Å². The van der Waals surface area contributed by atoms with Crippen LogP contribution in [0.25, 0.3) is 11.4 Å². The zero-order valence-electron chi connectivity index (χ0n) is 16.0. The molecular weight excluding hydrogens is 386 g/mol. The van der Waals surface area contributed by atoms with Crippen LogP contribution in [0.4, 0.5) is 5.69 Å². The summed E-state index contributed by atoms with van der Waals surface area (Å²) in [7, 11) is 0. The highest BCUT2D eigenvalue weighted by Crippen LogP contribution is 2.24. The molecule has 1 amide bonds. The number of carbonyl (C=O) groups excluding carboxylic acids is 2. The Morgan fingerprint density at radius 2 is 2.00 bits per heavy atom. The number of carbonyl (C=O) groups is 2. The second kappa shape index (κ2) is 9.79. The molecule has 7 nitrogen and oxygen atoms in total. The Kier molecular flexibility index (Phi) is 6.91. The van der Waals surface area contributed by atoms with Crippen LogP contribution < -0.4 is 5.32 Å². The first kappa shape index (κ1) is 20.5. The van der Waals surface area contributed by atoms with Crippen molar-refractivity contribution in [2.45, 2.75) is 25.0 Å². The van der Waals surface area contributed by atoms with Gasteiger partial charge in [-0.15, -0.1) is 16.8 Å². The van der Waals surface area contributed by atoms with Crippen LogP contribution in [-0.4, -0.2) is 37.2 Å². The molecule has 0 saturated heterocycles. The molecule has 0 atom stereocenters. The topological polar surface area (TPSA) is 89.8 Å². The predicted octanol–water partition coefficient (Wildman–Crippen LogP) is 3.85. The van der Waals surface area contributed by atoms with Crippen molar-refractivity contribution in [3.63, 3.8) is 0 Å². The molecule has 2 aromatic heterocycles. The Labute approximate surface area is 173 Å². The van der Waals surface area contributed by atoms with E-state index in [0.29, 0.717) is 30.0 Å². The Bertz CT molecular complexity index is 1000. The maximum atomic E-state index is 12.2. The zero-order valence-corrected chi connectivity index (χ0v) is 16.9. The van der Waals surface area contributed by atoms with Crippen molar-refractivity contribution in [1.29, 1.82) is 0 Å². The van der Waals surface area contributed by atoms with E-state index in [1.54, 1.807) is 42.7 Å². The fraction of sp³-hybridized carbons (Fsp3) is 0.190. The number of amides is 1. The van der Waals surface area contributed by atoms with Crippen LogP contribution in [0.15, 0.2) is 66.6 Å². The molecule has 0 spiro atoms. The van der Waals surface area contributed by atoms with E-state index in [1.165, 1.54) is 18.7 Å². The van der Waals surface area contributed by atoms with Gasteiger partial charge >= 0.3 is 0 Å². The molecular formula is C21H21N5O2S. The predicted molar refractivity (Wildman–Crippen MR) is 114 cm³/mol. The quantitative estimate of drug-likeness (QED) is 0.329. The van der Waals surface area contributed by atoms with Crippen LogP contribution >= 0.6 is 11.8 Å². The average molecular weight is 407 g/mol. The van der Waals surface area contributed by atoms with Crippen LogP contribution in [0.3, 0.4) is 0 Å². The molecule has 2 heterocycles. The first-order valence-corrected chi connectivity index (χ1v) is 10.0. The summed E-state index contributed by atoms with van der Waals surface area (Å²) in [6, 6.07) is 10.6. The van der Waals surface area contributed by atoms with E-state index < -0.39 is 0 Å². The van der Waals surface area contributed by atoms with Crippen LogP contribution in [0.1, 0.15) is 23.7 Å². The summed E-state index contributed by atoms with van der Waals surface area (Å²) in [5, 5.41) is 12.1. The molecule has 0 unspecified atom stereocenters. The summed E-state index contributed by atoms with van der Waals surface area (Å²) >= 11 is 1.46. The van der Waals surface area contributed by atoms with E-state index in [2.05, 4.69) is 27.1 Å². The average Bonchev–Trinajstić information content (AvgIpc) is 3.12. The number of rotatable bonds is 9. The molecule has 0 fully saturated rings. The SMILES string of the molecule is C=CCn1c(SCCC(=O)Nc2ccc(C(C)=O)cc2)nnc1-c1cccnc1. The first-order chi connectivity index (χ1) is 14.1. The molecule has 0 aliphatic carbocycles. The number of pyridine rings is 1. The van der Waals surface area contributed by atoms with Gasteiger partial charge in [-0.25, -0.2) is 0 Å². The lowest BCUT2D eigenvalue weighted by atomic mass is 10.1. The fourth-order valence-corrected chi connectivity index (χ4v) is 3.53. The van der Waals surface area contributed by atoms with E-state index >= 15 is 0 Å². The standard InChI is InChI=1S/C21H21N5O2S/c1-3-12-26-20(17-5-4-11-22-14-17)24-25-21(26)29-13-10-19(28)23-18-8-6-16(7-9-18)15(2)27/h3-9,11,14H,1,10,12-13H2,2H3,(H,23,28). The van der Waals surface area contributed by atoms with Crippen LogP contribution in [-0.2, 0) is 11.3 Å². The largest absolute Gasteiger partial charge is 0.326 e. The van der Waals surface area contributed by atoms with Gasteiger partial charge in [0.2, 0.25) is 5.91 Å². The fourth-order valence-electron chi connectivity index (χ4n) is 2.64. The van der Waals surface area contributed by atoms with Crippen molar-refractivity contribution in [3.05, 3.63) is 67.0 Å². The maximum Gasteiger partial charge on any atom is 0.225 e. The van der Waals surface area contributed by atoms with Gasteiger partial charge in [-0.1, -0.05) is 17.8 Å². The van der Waals surface area contributed by atoms with Crippen LogP contribution in [0.2, 0.25) is 0 Å². The summed E-state index contributed by atoms with van der Waals surface area (Å²) in [6.45, 7) is 5.87. The normalized spacial score (nSPS) is 10.5. The Balaban J connectivity index is 1.58. The highest BCUT2D eigenvalue weighted by atomic mass is 32.2. The van der Waals surface area contributed by atoms with Gasteiger partial charge in [0, 0.05) is 47.9 Å². The molecule has 1 aromatic carbocycles. The van der Waals surface area contributed by atoms with E-state index in [-0.39, 0.29) is 11.7 Å². The smallest absolute Gasteiger partial charge is 0.225 e. The number of ketones is 1. The lowest BCUT2D eigenvalue weighted by Crippen LogP contribution is -2.12. The number of nitrogens with one attached hydrogen (secondary N) is 1. The summed E-state index contributed by atoms with van der Waals surface area (Å²) in [4.78, 5) is 27.6. The highest BCUT2D eigenvalue weighted by Gasteiger charge is 2.14. The van der Waals surface area contributed by atoms with Gasteiger partial charge in [0.1, 0.15) is 0 Å². The number of Topliss-reactive ketones (excluding diaryl/α,β-unsaturated/α-hetero) is 1. The number of anilines is 1. The molecule has 0 bridgehead atoms. The van der Waals surface area contributed by atoms with Crippen molar-refractivity contribution in [1.82, 2.24) is 19.7 Å². The van der Waals surface area contributed by atoms with Gasteiger partial charge in [0.05, 0.1) is 0 Å². The van der Waals surface area contributed by atoms with E-state index in [1.807, 2.05) is 16.7 Å². The van der Waals surface area contributed by atoms with Crippen molar-refractivity contribution in [2.75, 3.05) is 11.1 Å². The van der Waals surface area contributed by atoms with Gasteiger partial charge in [-0.2, -0.15) is 0 Å². The van der Waals surface area contributed by atoms with Crippen LogP contribution in [0.5, 0.6) is 0 Å². The molecule has 0 saturated carbocycles. The number of allylic oxidation sites excluding steroid dienone is 1. The molecule has 0 aliphatic rings. The lowest BCUT2D eigenvalue weighted by molar-refractivity contribution is -0.115. The summed E-state index contributed by atoms with van der Waals surface area (Å²) in [5.41, 5.74) is 2.16. The number of thioether (sulfide) groups is 1. The summed E-state index contributed by atoms with van der Waals surface area (Å²) in [5.74, 6) is 1.17. The molecule has 148 valence electrons. The number of benzene rings is 1. The summed E-state index contributed by atoms with van der Waals surface area (Å²) in [6.07, 6.45) is 5.55. The molecule has 29 heavy (non-hydrogen) atoms. The Morgan fingerprint density at radius 1 is 1.21 bits per heavy atom. The molecule has 3 aromatic rings. The minimum atomic E-state index is -0.102. The number of aromatic nitrogens is 4. The van der Waals surface area contributed by atoms with Gasteiger partial charge in [0.25, 0.3) is 0 Å². The molecule has 8 heteroatoms. The van der Waals surface area contributed by atoms with Crippen molar-refractivity contribution in [3.8, 4) is 11.4 Å². The van der Waals surface area contributed by atoms with Gasteiger partial charge < -0.3 is 5.32 Å². The van der Waals surface area contributed by atoms with E-state index in [4.69, 9.17) is 0 Å². The highest BCUT2D eigenvalue weighted by molar-refractivity contribution is 7.99. The minimum Gasteiger partial charge on any atom is -0.326 e. The molecule has 1 N–H and O–H groups in total. The van der Waals surface area contributed by atoms with Crippen molar-refractivity contribution in [2.24, 2.45) is 0 Å². The zero-order chi connectivity index (χ0) is 20.6. The third-order valence-corrected chi connectivity index (χ3v) is 5.05. The Morgan fingerprint density at radius 3 is 2.66 bits per heavy atom. The van der Waals surface area contributed by atoms with Crippen molar-refractivity contribution < 1.29 is 9.59 Å².